The largest absolute Gasteiger partial charge is 0.334 e. The smallest absolute Gasteiger partial charge is 0.281 e. The molecule has 1 aromatic heterocycles. The first-order valence-corrected chi connectivity index (χ1v) is 11.7. The molecule has 2 aromatic rings. The summed E-state index contributed by atoms with van der Waals surface area (Å²) >= 11 is 1.40. The first kappa shape index (κ1) is 23.4. The Morgan fingerprint density at radius 3 is 2.41 bits per heavy atom. The number of pyridine rings is 1. The maximum Gasteiger partial charge on any atom is 0.281 e. The molecule has 0 bridgehead atoms. The van der Waals surface area contributed by atoms with Crippen LogP contribution in [0.1, 0.15) is 56.7 Å². The topological polar surface area (TPSA) is 36.4 Å². The quantitative estimate of drug-likeness (QED) is 0.557. The van der Waals surface area contributed by atoms with Crippen molar-refractivity contribution in [1.82, 2.24) is 14.8 Å². The fraction of sp³-hybridized carbons (Fsp3) is 0.500. The van der Waals surface area contributed by atoms with Crippen molar-refractivity contribution in [1.29, 1.82) is 0 Å². The molecule has 1 amide bonds. The number of likely N-dealkylation sites (tertiary alicyclic amines) is 1. The average Bonchev–Trinajstić information content (AvgIpc) is 3.19. The van der Waals surface area contributed by atoms with Crippen LogP contribution in [0.2, 0.25) is 0 Å². The van der Waals surface area contributed by atoms with Crippen LogP contribution in [-0.2, 0) is 5.75 Å². The van der Waals surface area contributed by atoms with E-state index in [2.05, 4.69) is 49.0 Å². The van der Waals surface area contributed by atoms with E-state index < -0.39 is 0 Å². The molecule has 0 spiro atoms. The van der Waals surface area contributed by atoms with Crippen LogP contribution in [0, 0.1) is 0 Å². The second kappa shape index (κ2) is 13.4. The van der Waals surface area contributed by atoms with Gasteiger partial charge in [0.25, 0.3) is 5.24 Å². The summed E-state index contributed by atoms with van der Waals surface area (Å²) in [6, 6.07) is 14.9. The highest BCUT2D eigenvalue weighted by Crippen LogP contribution is 2.29. The van der Waals surface area contributed by atoms with E-state index in [9.17, 15) is 4.79 Å². The first-order valence-electron chi connectivity index (χ1n) is 10.7. The van der Waals surface area contributed by atoms with Crippen LogP contribution < -0.4 is 0 Å². The van der Waals surface area contributed by atoms with E-state index in [4.69, 9.17) is 0 Å². The number of benzene rings is 1. The maximum absolute atomic E-state index is 12.0. The van der Waals surface area contributed by atoms with Crippen LogP contribution in [0.4, 0.5) is 4.79 Å². The Morgan fingerprint density at radius 1 is 1.14 bits per heavy atom. The molecule has 5 heteroatoms. The van der Waals surface area contributed by atoms with Crippen LogP contribution in [-0.4, -0.2) is 46.7 Å². The number of hydrogen-bond donors (Lipinski definition) is 0. The van der Waals surface area contributed by atoms with Crippen molar-refractivity contribution in [3.63, 3.8) is 0 Å². The molecule has 0 aliphatic carbocycles. The molecule has 2 heterocycles. The van der Waals surface area contributed by atoms with Crippen molar-refractivity contribution in [2.45, 2.75) is 51.3 Å². The molecular weight excluding hydrogens is 378 g/mol. The molecule has 158 valence electrons. The van der Waals surface area contributed by atoms with Crippen LogP contribution >= 0.6 is 11.8 Å². The zero-order valence-electron chi connectivity index (χ0n) is 18.1. The molecular formula is C24H35N3OS. The standard InChI is InChI=1S/C14H21NOS.C10H14N2/c1-3-10-15(11-4-2)14(16)17-12-13-8-6-5-7-9-13;1-12-7-3-5-10(12)9-4-2-6-11-8-9/h5-9H,3-4,10-12H2,1-2H3;2,4,6,8,10H,3,5,7H2,1H3/t;10-/m.0/s1. The Hall–Kier alpha value is -1.85. The zero-order chi connectivity index (χ0) is 20.9. The Balaban J connectivity index is 0.000000218. The van der Waals surface area contributed by atoms with Gasteiger partial charge in [0.1, 0.15) is 0 Å². The minimum Gasteiger partial charge on any atom is -0.334 e. The lowest BCUT2D eigenvalue weighted by atomic mass is 10.1. The number of aromatic nitrogens is 1. The lowest BCUT2D eigenvalue weighted by Gasteiger charge is -2.20. The molecule has 1 fully saturated rings. The Morgan fingerprint density at radius 2 is 1.86 bits per heavy atom. The van der Waals surface area contributed by atoms with Crippen LogP contribution in [0.25, 0.3) is 0 Å². The normalized spacial score (nSPS) is 16.2. The predicted molar refractivity (Wildman–Crippen MR) is 124 cm³/mol. The van der Waals surface area contributed by atoms with Gasteiger partial charge in [-0.25, -0.2) is 0 Å². The number of carbonyl (C=O) groups is 1. The van der Waals surface area contributed by atoms with Gasteiger partial charge in [0.05, 0.1) is 0 Å². The van der Waals surface area contributed by atoms with Crippen molar-refractivity contribution in [2.24, 2.45) is 0 Å². The van der Waals surface area contributed by atoms with Gasteiger partial charge in [-0.15, -0.1) is 0 Å². The van der Waals surface area contributed by atoms with Crippen molar-refractivity contribution < 1.29 is 4.79 Å². The molecule has 0 N–H and O–H groups in total. The molecule has 29 heavy (non-hydrogen) atoms. The third-order valence-electron chi connectivity index (χ3n) is 5.04. The molecule has 1 saturated heterocycles. The van der Waals surface area contributed by atoms with E-state index >= 15 is 0 Å². The lowest BCUT2D eigenvalue weighted by Crippen LogP contribution is -2.29. The third kappa shape index (κ3) is 8.19. The highest BCUT2D eigenvalue weighted by molar-refractivity contribution is 8.12. The van der Waals surface area contributed by atoms with Crippen LogP contribution in [0.15, 0.2) is 54.9 Å². The third-order valence-corrected chi connectivity index (χ3v) is 6.02. The van der Waals surface area contributed by atoms with Gasteiger partial charge in [0.15, 0.2) is 0 Å². The van der Waals surface area contributed by atoms with Gasteiger partial charge in [-0.2, -0.15) is 0 Å². The van der Waals surface area contributed by atoms with E-state index in [1.54, 1.807) is 0 Å². The molecule has 3 rings (SSSR count). The highest BCUT2D eigenvalue weighted by atomic mass is 32.2. The maximum atomic E-state index is 12.0. The zero-order valence-corrected chi connectivity index (χ0v) is 18.9. The van der Waals surface area contributed by atoms with E-state index in [1.807, 2.05) is 41.6 Å². The Labute approximate surface area is 180 Å². The summed E-state index contributed by atoms with van der Waals surface area (Å²) < 4.78 is 0. The molecule has 0 unspecified atom stereocenters. The van der Waals surface area contributed by atoms with Crippen molar-refractivity contribution in [3.05, 3.63) is 66.0 Å². The second-order valence-corrected chi connectivity index (χ2v) is 8.38. The number of thioether (sulfide) groups is 1. The molecule has 4 nitrogen and oxygen atoms in total. The molecule has 1 aliphatic rings. The van der Waals surface area contributed by atoms with E-state index in [-0.39, 0.29) is 5.24 Å². The second-order valence-electron chi connectivity index (χ2n) is 7.45. The first-order chi connectivity index (χ1) is 14.2. The fourth-order valence-electron chi connectivity index (χ4n) is 3.55. The lowest BCUT2D eigenvalue weighted by molar-refractivity contribution is 0.223. The van der Waals surface area contributed by atoms with Crippen molar-refractivity contribution >= 4 is 17.0 Å². The molecule has 1 aromatic carbocycles. The Bertz CT molecular complexity index is 690. The van der Waals surface area contributed by atoms with E-state index in [0.717, 1.165) is 31.7 Å². The van der Waals surface area contributed by atoms with Gasteiger partial charge >= 0.3 is 0 Å². The van der Waals surface area contributed by atoms with Gasteiger partial charge in [0.2, 0.25) is 0 Å². The number of amides is 1. The van der Waals surface area contributed by atoms with Gasteiger partial charge in [0, 0.05) is 37.3 Å². The average molecular weight is 414 g/mol. The number of rotatable bonds is 7. The highest BCUT2D eigenvalue weighted by Gasteiger charge is 2.22. The molecule has 1 atom stereocenters. The summed E-state index contributed by atoms with van der Waals surface area (Å²) in [5.41, 5.74) is 2.57. The molecule has 1 aliphatic heterocycles. The number of nitrogens with zero attached hydrogens (tertiary/aromatic N) is 3. The number of carbonyl (C=O) groups excluding carboxylic acids is 1. The SMILES string of the molecule is CCCN(CCC)C(=O)SCc1ccccc1.CN1CCC[C@H]1c1cccnc1. The minimum absolute atomic E-state index is 0.206. The van der Waals surface area contributed by atoms with Crippen LogP contribution in [0.3, 0.4) is 0 Å². The van der Waals surface area contributed by atoms with E-state index in [1.165, 1.54) is 42.3 Å². The molecule has 0 radical (unpaired) electrons. The van der Waals surface area contributed by atoms with Crippen molar-refractivity contribution in [2.75, 3.05) is 26.7 Å². The summed E-state index contributed by atoms with van der Waals surface area (Å²) in [5.74, 6) is 0.767. The van der Waals surface area contributed by atoms with Gasteiger partial charge in [-0.3, -0.25) is 14.7 Å². The predicted octanol–water partition coefficient (Wildman–Crippen LogP) is 6.01. The minimum atomic E-state index is 0.206. The summed E-state index contributed by atoms with van der Waals surface area (Å²) in [5, 5.41) is 0.206. The van der Waals surface area contributed by atoms with Crippen LogP contribution in [0.5, 0.6) is 0 Å². The monoisotopic (exact) mass is 413 g/mol. The Kier molecular flexibility index (Phi) is 10.8. The fourth-order valence-corrected chi connectivity index (χ4v) is 4.40. The molecule has 0 saturated carbocycles. The van der Waals surface area contributed by atoms with E-state index in [0.29, 0.717) is 6.04 Å². The summed E-state index contributed by atoms with van der Waals surface area (Å²) in [6.45, 7) is 7.18. The summed E-state index contributed by atoms with van der Waals surface area (Å²) in [7, 11) is 2.19. The summed E-state index contributed by atoms with van der Waals surface area (Å²) in [6.07, 6.45) is 8.46. The number of hydrogen-bond acceptors (Lipinski definition) is 4. The summed E-state index contributed by atoms with van der Waals surface area (Å²) in [4.78, 5) is 20.5. The van der Waals surface area contributed by atoms with Gasteiger partial charge in [-0.1, -0.05) is 62.0 Å². The van der Waals surface area contributed by atoms with Gasteiger partial charge < -0.3 is 4.90 Å². The van der Waals surface area contributed by atoms with Gasteiger partial charge in [-0.05, 0) is 56.5 Å². The van der Waals surface area contributed by atoms with Crippen molar-refractivity contribution in [3.8, 4) is 0 Å².